The van der Waals surface area contributed by atoms with Gasteiger partial charge in [-0.2, -0.15) is 0 Å². The van der Waals surface area contributed by atoms with E-state index in [9.17, 15) is 9.18 Å². The van der Waals surface area contributed by atoms with Gasteiger partial charge in [-0.05, 0) is 36.8 Å². The van der Waals surface area contributed by atoms with Gasteiger partial charge in [0.25, 0.3) is 5.91 Å². The average Bonchev–Trinajstić information content (AvgIpc) is 2.34. The van der Waals surface area contributed by atoms with Crippen molar-refractivity contribution < 1.29 is 9.18 Å². The number of carbonyl (C=O) groups is 1. The molecule has 2 aromatic rings. The summed E-state index contributed by atoms with van der Waals surface area (Å²) in [5.41, 5.74) is 7.24. The summed E-state index contributed by atoms with van der Waals surface area (Å²) in [5.74, 6) is -0.480. The predicted octanol–water partition coefficient (Wildman–Crippen LogP) is 2.36. The zero-order valence-electron chi connectivity index (χ0n) is 9.77. The number of nitrogens with zero attached hydrogens (tertiary/aromatic N) is 1. The first-order chi connectivity index (χ1) is 8.56. The molecule has 0 aliphatic rings. The van der Waals surface area contributed by atoms with Gasteiger partial charge in [-0.3, -0.25) is 4.79 Å². The van der Waals surface area contributed by atoms with Gasteiger partial charge in [0.2, 0.25) is 0 Å². The van der Waals surface area contributed by atoms with Crippen molar-refractivity contribution in [3.63, 3.8) is 0 Å². The summed E-state index contributed by atoms with van der Waals surface area (Å²) in [4.78, 5) is 15.8. The normalized spacial score (nSPS) is 10.1. The second-order valence-corrected chi connectivity index (χ2v) is 3.89. The third-order valence-electron chi connectivity index (χ3n) is 2.48. The minimum absolute atomic E-state index is 0.242. The van der Waals surface area contributed by atoms with Crippen LogP contribution in [0.4, 0.5) is 15.9 Å². The minimum atomic E-state index is -0.455. The van der Waals surface area contributed by atoms with Crippen LogP contribution in [0.1, 0.15) is 15.9 Å². The van der Waals surface area contributed by atoms with Crippen molar-refractivity contribution in [2.75, 3.05) is 11.1 Å². The van der Waals surface area contributed by atoms with E-state index < -0.39 is 11.7 Å². The molecule has 0 radical (unpaired) electrons. The second kappa shape index (κ2) is 4.83. The van der Waals surface area contributed by atoms with E-state index in [0.717, 1.165) is 5.56 Å². The third kappa shape index (κ3) is 2.63. The van der Waals surface area contributed by atoms with Crippen LogP contribution in [0.25, 0.3) is 0 Å². The molecule has 0 spiro atoms. The lowest BCUT2D eigenvalue weighted by Crippen LogP contribution is -2.13. The number of hydrogen-bond donors (Lipinski definition) is 2. The maximum Gasteiger partial charge on any atom is 0.256 e. The van der Waals surface area contributed by atoms with Gasteiger partial charge in [-0.25, -0.2) is 9.37 Å². The van der Waals surface area contributed by atoms with Gasteiger partial charge >= 0.3 is 0 Å². The Labute approximate surface area is 104 Å². The highest BCUT2D eigenvalue weighted by atomic mass is 19.1. The summed E-state index contributed by atoms with van der Waals surface area (Å²) in [5, 5.41) is 2.58. The van der Waals surface area contributed by atoms with Crippen molar-refractivity contribution in [2.45, 2.75) is 6.92 Å². The van der Waals surface area contributed by atoms with Crippen LogP contribution in [0.3, 0.4) is 0 Å². The molecule has 0 aliphatic heterocycles. The smallest absolute Gasteiger partial charge is 0.256 e. The molecule has 0 fully saturated rings. The molecule has 0 saturated heterocycles. The Balaban J connectivity index is 2.18. The molecule has 0 atom stereocenters. The highest BCUT2D eigenvalue weighted by Crippen LogP contribution is 2.14. The number of halogens is 1. The summed E-state index contributed by atoms with van der Waals surface area (Å²) in [6, 6.07) is 7.11. The summed E-state index contributed by atoms with van der Waals surface area (Å²) >= 11 is 0. The average molecular weight is 245 g/mol. The fourth-order valence-corrected chi connectivity index (χ4v) is 1.45. The number of pyridine rings is 1. The van der Waals surface area contributed by atoms with Crippen LogP contribution in [-0.2, 0) is 0 Å². The van der Waals surface area contributed by atoms with E-state index in [1.54, 1.807) is 6.07 Å². The Kier molecular flexibility index (Phi) is 3.23. The Morgan fingerprint density at radius 2 is 2.17 bits per heavy atom. The fraction of sp³-hybridized carbons (Fsp3) is 0.0769. The van der Waals surface area contributed by atoms with Crippen molar-refractivity contribution in [3.8, 4) is 0 Å². The van der Waals surface area contributed by atoms with Gasteiger partial charge < -0.3 is 11.1 Å². The van der Waals surface area contributed by atoms with Crippen LogP contribution in [0.15, 0.2) is 36.5 Å². The number of amides is 1. The Morgan fingerprint density at radius 3 is 2.83 bits per heavy atom. The molecular weight excluding hydrogens is 233 g/mol. The molecule has 3 N–H and O–H groups in total. The predicted molar refractivity (Wildman–Crippen MR) is 67.7 cm³/mol. The van der Waals surface area contributed by atoms with E-state index in [0.29, 0.717) is 11.5 Å². The lowest BCUT2D eigenvalue weighted by molar-refractivity contribution is 0.102. The molecule has 0 bridgehead atoms. The standard InChI is InChI=1S/C13H12FN3O/c1-8-5-12(16-7-11(8)15)17-13(18)9-3-2-4-10(14)6-9/h2-7H,15H2,1H3,(H,16,17,18). The van der Waals surface area contributed by atoms with Crippen LogP contribution in [0.2, 0.25) is 0 Å². The molecule has 0 aliphatic carbocycles. The largest absolute Gasteiger partial charge is 0.397 e. The number of aryl methyl sites for hydroxylation is 1. The number of aromatic nitrogens is 1. The lowest BCUT2D eigenvalue weighted by atomic mass is 10.2. The zero-order chi connectivity index (χ0) is 13.1. The van der Waals surface area contributed by atoms with Crippen LogP contribution < -0.4 is 11.1 Å². The first-order valence-electron chi connectivity index (χ1n) is 5.35. The van der Waals surface area contributed by atoms with Crippen LogP contribution in [-0.4, -0.2) is 10.9 Å². The maximum absolute atomic E-state index is 13.0. The molecule has 1 aromatic heterocycles. The fourth-order valence-electron chi connectivity index (χ4n) is 1.45. The first-order valence-corrected chi connectivity index (χ1v) is 5.35. The number of hydrogen-bond acceptors (Lipinski definition) is 3. The van der Waals surface area contributed by atoms with Crippen molar-refractivity contribution in [3.05, 3.63) is 53.5 Å². The minimum Gasteiger partial charge on any atom is -0.397 e. The number of carbonyl (C=O) groups excluding carboxylic acids is 1. The van der Waals surface area contributed by atoms with Crippen LogP contribution >= 0.6 is 0 Å². The number of nitrogens with one attached hydrogen (secondary N) is 1. The molecular formula is C13H12FN3O. The molecule has 0 unspecified atom stereocenters. The number of nitrogens with two attached hydrogens (primary N) is 1. The highest BCUT2D eigenvalue weighted by Gasteiger charge is 2.08. The second-order valence-electron chi connectivity index (χ2n) is 3.89. The van der Waals surface area contributed by atoms with E-state index in [1.807, 2.05) is 6.92 Å². The first kappa shape index (κ1) is 12.0. The van der Waals surface area contributed by atoms with Crippen molar-refractivity contribution in [2.24, 2.45) is 0 Å². The number of benzene rings is 1. The zero-order valence-corrected chi connectivity index (χ0v) is 9.77. The summed E-state index contributed by atoms with van der Waals surface area (Å²) in [6.07, 6.45) is 1.47. The van der Waals surface area contributed by atoms with Gasteiger partial charge in [0.15, 0.2) is 0 Å². The molecule has 1 aromatic carbocycles. The number of rotatable bonds is 2. The van der Waals surface area contributed by atoms with Crippen LogP contribution in [0.5, 0.6) is 0 Å². The molecule has 1 amide bonds. The monoisotopic (exact) mass is 245 g/mol. The molecule has 4 nitrogen and oxygen atoms in total. The molecule has 2 rings (SSSR count). The maximum atomic E-state index is 13.0. The third-order valence-corrected chi connectivity index (χ3v) is 2.48. The Bertz CT molecular complexity index is 599. The number of anilines is 2. The lowest BCUT2D eigenvalue weighted by Gasteiger charge is -2.06. The van der Waals surface area contributed by atoms with Crippen LogP contribution in [0, 0.1) is 12.7 Å². The Hall–Kier alpha value is -2.43. The van der Waals surface area contributed by atoms with E-state index in [-0.39, 0.29) is 5.56 Å². The molecule has 1 heterocycles. The SMILES string of the molecule is Cc1cc(NC(=O)c2cccc(F)c2)ncc1N. The summed E-state index contributed by atoms with van der Waals surface area (Å²) < 4.78 is 13.0. The molecule has 92 valence electrons. The molecule has 0 saturated carbocycles. The van der Waals surface area contributed by atoms with E-state index >= 15 is 0 Å². The van der Waals surface area contributed by atoms with Gasteiger partial charge in [-0.15, -0.1) is 0 Å². The van der Waals surface area contributed by atoms with Crippen molar-refractivity contribution in [1.82, 2.24) is 4.98 Å². The van der Waals surface area contributed by atoms with Crippen molar-refractivity contribution >= 4 is 17.4 Å². The van der Waals surface area contributed by atoms with Crippen molar-refractivity contribution in [1.29, 1.82) is 0 Å². The molecule has 18 heavy (non-hydrogen) atoms. The highest BCUT2D eigenvalue weighted by molar-refractivity contribution is 6.03. The van der Waals surface area contributed by atoms with Gasteiger partial charge in [0.05, 0.1) is 11.9 Å². The number of nitrogen functional groups attached to an aromatic ring is 1. The summed E-state index contributed by atoms with van der Waals surface area (Å²) in [7, 11) is 0. The molecule has 5 heteroatoms. The quantitative estimate of drug-likeness (QED) is 0.853. The Morgan fingerprint density at radius 1 is 1.39 bits per heavy atom. The van der Waals surface area contributed by atoms with Gasteiger partial charge in [0, 0.05) is 5.56 Å². The van der Waals surface area contributed by atoms with E-state index in [2.05, 4.69) is 10.3 Å². The van der Waals surface area contributed by atoms with Gasteiger partial charge in [-0.1, -0.05) is 6.07 Å². The topological polar surface area (TPSA) is 68.0 Å². The van der Waals surface area contributed by atoms with E-state index in [4.69, 9.17) is 5.73 Å². The van der Waals surface area contributed by atoms with E-state index in [1.165, 1.54) is 30.5 Å². The van der Waals surface area contributed by atoms with Gasteiger partial charge in [0.1, 0.15) is 11.6 Å². The summed E-state index contributed by atoms with van der Waals surface area (Å²) in [6.45, 7) is 1.81.